The highest BCUT2D eigenvalue weighted by Gasteiger charge is 2.35. The monoisotopic (exact) mass is 547 g/mol. The molecular formula is C27H24F3N9O. The van der Waals surface area contributed by atoms with Crippen molar-refractivity contribution in [2.45, 2.75) is 32.6 Å². The molecule has 0 spiro atoms. The highest BCUT2D eigenvalue weighted by atomic mass is 19.4. The number of fused-ring (bicyclic) bond motifs is 2. The molecule has 0 atom stereocenters. The number of H-pyrrole nitrogens is 1. The van der Waals surface area contributed by atoms with Crippen molar-refractivity contribution in [1.29, 1.82) is 0 Å². The van der Waals surface area contributed by atoms with Gasteiger partial charge in [0.2, 0.25) is 0 Å². The van der Waals surface area contributed by atoms with E-state index in [1.165, 1.54) is 4.57 Å². The number of alkyl halides is 3. The predicted octanol–water partition coefficient (Wildman–Crippen LogP) is 5.75. The van der Waals surface area contributed by atoms with Gasteiger partial charge in [-0.3, -0.25) is 5.10 Å². The Balaban J connectivity index is 1.30. The SMILES string of the molecule is COc1ccc2[nH]ncc2c1-c1nc(NCc2ccc(-c3nc(C(F)(F)F)cn3C(C)C)cc2)c2nccn2n1. The van der Waals surface area contributed by atoms with E-state index >= 15 is 0 Å². The molecule has 0 amide bonds. The van der Waals surface area contributed by atoms with Crippen LogP contribution in [0.3, 0.4) is 0 Å². The van der Waals surface area contributed by atoms with Crippen LogP contribution in [0.1, 0.15) is 31.1 Å². The molecule has 0 saturated heterocycles. The highest BCUT2D eigenvalue weighted by Crippen LogP contribution is 2.35. The average Bonchev–Trinajstić information content (AvgIpc) is 3.70. The first kappa shape index (κ1) is 25.3. The molecule has 0 radical (unpaired) electrons. The van der Waals surface area contributed by atoms with Crippen molar-refractivity contribution < 1.29 is 17.9 Å². The maximum absolute atomic E-state index is 13.3. The molecule has 40 heavy (non-hydrogen) atoms. The van der Waals surface area contributed by atoms with E-state index in [0.29, 0.717) is 40.7 Å². The van der Waals surface area contributed by atoms with Crippen LogP contribution in [0.5, 0.6) is 5.75 Å². The summed E-state index contributed by atoms with van der Waals surface area (Å²) in [5.74, 6) is 1.80. The van der Waals surface area contributed by atoms with Crippen LogP contribution in [-0.4, -0.2) is 46.4 Å². The Morgan fingerprint density at radius 2 is 1.88 bits per heavy atom. The zero-order chi connectivity index (χ0) is 28.0. The molecule has 4 aromatic heterocycles. The maximum atomic E-state index is 13.3. The fraction of sp³-hybridized carbons (Fsp3) is 0.222. The number of imidazole rings is 2. The molecule has 0 aliphatic heterocycles. The van der Waals surface area contributed by atoms with Gasteiger partial charge < -0.3 is 14.6 Å². The van der Waals surface area contributed by atoms with E-state index in [9.17, 15) is 13.2 Å². The molecular weight excluding hydrogens is 523 g/mol. The van der Waals surface area contributed by atoms with Crippen molar-refractivity contribution >= 4 is 22.4 Å². The van der Waals surface area contributed by atoms with Gasteiger partial charge in [-0.2, -0.15) is 18.3 Å². The zero-order valence-electron chi connectivity index (χ0n) is 21.7. The van der Waals surface area contributed by atoms with Gasteiger partial charge in [0.25, 0.3) is 0 Å². The van der Waals surface area contributed by atoms with E-state index in [2.05, 4.69) is 30.6 Å². The minimum atomic E-state index is -4.51. The standard InChI is InChI=1S/C27H24F3N9O/c1-15(2)38-14-21(27(28,29)30)34-25(38)17-6-4-16(5-7-17)12-32-24-26-31-10-11-39(26)37-23(35-24)22-18-13-33-36-19(18)8-9-20(22)40-3/h4-11,13-15H,12H2,1-3H3,(H,33,36)(H,32,35,37). The zero-order valence-corrected chi connectivity index (χ0v) is 21.7. The minimum Gasteiger partial charge on any atom is -0.496 e. The van der Waals surface area contributed by atoms with Gasteiger partial charge in [-0.05, 0) is 31.5 Å². The van der Waals surface area contributed by atoms with Crippen LogP contribution in [0, 0.1) is 0 Å². The van der Waals surface area contributed by atoms with Gasteiger partial charge in [0, 0.05) is 42.1 Å². The number of hydrogen-bond donors (Lipinski definition) is 2. The summed E-state index contributed by atoms with van der Waals surface area (Å²) < 4.78 is 48.7. The Bertz CT molecular complexity index is 1820. The lowest BCUT2D eigenvalue weighted by atomic mass is 10.1. The summed E-state index contributed by atoms with van der Waals surface area (Å²) in [4.78, 5) is 13.0. The van der Waals surface area contributed by atoms with Gasteiger partial charge in [-0.25, -0.2) is 19.5 Å². The second-order valence-corrected chi connectivity index (χ2v) is 9.45. The van der Waals surface area contributed by atoms with Crippen LogP contribution < -0.4 is 10.1 Å². The molecule has 0 aliphatic rings. The number of rotatable bonds is 7. The lowest BCUT2D eigenvalue weighted by molar-refractivity contribution is -0.140. The minimum absolute atomic E-state index is 0.185. The number of anilines is 1. The quantitative estimate of drug-likeness (QED) is 0.262. The van der Waals surface area contributed by atoms with E-state index in [-0.39, 0.29) is 11.9 Å². The Labute approximate surface area is 225 Å². The lowest BCUT2D eigenvalue weighted by Crippen LogP contribution is -2.08. The van der Waals surface area contributed by atoms with Gasteiger partial charge in [-0.1, -0.05) is 24.3 Å². The third-order valence-electron chi connectivity index (χ3n) is 6.53. The molecule has 2 N–H and O–H groups in total. The van der Waals surface area contributed by atoms with Crippen molar-refractivity contribution in [3.05, 3.63) is 72.4 Å². The summed E-state index contributed by atoms with van der Waals surface area (Å²) in [5.41, 5.74) is 2.62. The molecule has 0 fully saturated rings. The second kappa shape index (κ2) is 9.67. The van der Waals surface area contributed by atoms with Crippen LogP contribution in [0.15, 0.2) is 61.2 Å². The van der Waals surface area contributed by atoms with Crippen LogP contribution in [0.4, 0.5) is 19.0 Å². The van der Waals surface area contributed by atoms with Gasteiger partial charge >= 0.3 is 6.18 Å². The Hall–Kier alpha value is -4.94. The molecule has 10 nitrogen and oxygen atoms in total. The molecule has 0 bridgehead atoms. The highest BCUT2D eigenvalue weighted by molar-refractivity contribution is 5.96. The molecule has 13 heteroatoms. The smallest absolute Gasteiger partial charge is 0.434 e. The van der Waals surface area contributed by atoms with Crippen LogP contribution in [0.2, 0.25) is 0 Å². The van der Waals surface area contributed by atoms with Gasteiger partial charge in [0.15, 0.2) is 23.0 Å². The van der Waals surface area contributed by atoms with E-state index in [1.807, 2.05) is 38.1 Å². The third kappa shape index (κ3) is 4.48. The van der Waals surface area contributed by atoms with Crippen LogP contribution in [-0.2, 0) is 12.7 Å². The molecule has 6 aromatic rings. The molecule has 204 valence electrons. The van der Waals surface area contributed by atoms with Crippen molar-refractivity contribution in [1.82, 2.24) is 39.3 Å². The van der Waals surface area contributed by atoms with Crippen LogP contribution >= 0.6 is 0 Å². The first-order chi connectivity index (χ1) is 19.2. The third-order valence-corrected chi connectivity index (χ3v) is 6.53. The Morgan fingerprint density at radius 1 is 1.07 bits per heavy atom. The molecule has 0 unspecified atom stereocenters. The number of aromatic amines is 1. The normalized spacial score (nSPS) is 12.1. The number of nitrogens with zero attached hydrogens (tertiary/aromatic N) is 7. The summed E-state index contributed by atoms with van der Waals surface area (Å²) in [5, 5.41) is 15.9. The van der Waals surface area contributed by atoms with Crippen molar-refractivity contribution in [3.8, 4) is 28.5 Å². The van der Waals surface area contributed by atoms with E-state index in [4.69, 9.17) is 9.72 Å². The largest absolute Gasteiger partial charge is 0.496 e. The number of hydrogen-bond acceptors (Lipinski definition) is 7. The molecule has 0 saturated carbocycles. The average molecular weight is 548 g/mol. The maximum Gasteiger partial charge on any atom is 0.434 e. The van der Waals surface area contributed by atoms with Crippen molar-refractivity contribution in [2.75, 3.05) is 12.4 Å². The van der Waals surface area contributed by atoms with Gasteiger partial charge in [0.1, 0.15) is 11.6 Å². The number of aromatic nitrogens is 8. The number of benzene rings is 2. The topological polar surface area (TPSA) is 111 Å². The molecule has 0 aliphatic carbocycles. The van der Waals surface area contributed by atoms with Gasteiger partial charge in [0.05, 0.1) is 24.4 Å². The van der Waals surface area contributed by atoms with Crippen molar-refractivity contribution in [3.63, 3.8) is 0 Å². The lowest BCUT2D eigenvalue weighted by Gasteiger charge is -2.13. The predicted molar refractivity (Wildman–Crippen MR) is 143 cm³/mol. The number of ether oxygens (including phenoxy) is 1. The number of methoxy groups -OCH3 is 1. The molecule has 6 rings (SSSR count). The van der Waals surface area contributed by atoms with E-state index in [0.717, 1.165) is 22.7 Å². The second-order valence-electron chi connectivity index (χ2n) is 9.45. The first-order valence-corrected chi connectivity index (χ1v) is 12.4. The van der Waals surface area contributed by atoms with E-state index < -0.39 is 11.9 Å². The summed E-state index contributed by atoms with van der Waals surface area (Å²) in [6.45, 7) is 4.02. The Kier molecular flexibility index (Phi) is 6.12. The van der Waals surface area contributed by atoms with Gasteiger partial charge in [-0.15, -0.1) is 5.10 Å². The summed E-state index contributed by atoms with van der Waals surface area (Å²) >= 11 is 0. The molecule has 4 heterocycles. The van der Waals surface area contributed by atoms with E-state index in [1.54, 1.807) is 42.3 Å². The summed E-state index contributed by atoms with van der Waals surface area (Å²) in [6, 6.07) is 10.7. The Morgan fingerprint density at radius 3 is 2.60 bits per heavy atom. The fourth-order valence-electron chi connectivity index (χ4n) is 4.55. The molecule has 2 aromatic carbocycles. The van der Waals surface area contributed by atoms with Crippen LogP contribution in [0.25, 0.3) is 39.3 Å². The number of nitrogens with one attached hydrogen (secondary N) is 2. The summed E-state index contributed by atoms with van der Waals surface area (Å²) in [6.07, 6.45) is 1.60. The summed E-state index contributed by atoms with van der Waals surface area (Å²) in [7, 11) is 1.58. The number of halogens is 3. The fourth-order valence-corrected chi connectivity index (χ4v) is 4.55. The first-order valence-electron chi connectivity index (χ1n) is 12.4. The van der Waals surface area contributed by atoms with Crippen molar-refractivity contribution in [2.24, 2.45) is 0 Å².